The molecule has 31 heavy (non-hydrogen) atoms. The predicted molar refractivity (Wildman–Crippen MR) is 124 cm³/mol. The topological polar surface area (TPSA) is 45.3 Å². The second kappa shape index (κ2) is 8.61. The first-order chi connectivity index (χ1) is 14.6. The van der Waals surface area contributed by atoms with Crippen molar-refractivity contribution in [3.05, 3.63) is 0 Å². The minimum Gasteiger partial charge on any atom is -0.371 e. The van der Waals surface area contributed by atoms with E-state index in [-0.39, 0.29) is 23.1 Å². The van der Waals surface area contributed by atoms with Gasteiger partial charge in [-0.05, 0) is 60.4 Å². The molecule has 4 aliphatic rings. The van der Waals surface area contributed by atoms with Crippen molar-refractivity contribution in [1.82, 2.24) is 9.80 Å². The van der Waals surface area contributed by atoms with Gasteiger partial charge in [-0.25, -0.2) is 0 Å². The molecule has 3 heterocycles. The summed E-state index contributed by atoms with van der Waals surface area (Å²) in [6.07, 6.45) is 15.2. The first-order valence-electron chi connectivity index (χ1n) is 13.0. The van der Waals surface area contributed by atoms with E-state index in [1.54, 1.807) is 0 Å². The average Bonchev–Trinajstić information content (AvgIpc) is 3.46. The number of amides is 1. The Labute approximate surface area is 190 Å². The molecule has 0 aromatic heterocycles. The minimum atomic E-state index is -0.703. The molecule has 3 saturated heterocycles. The first kappa shape index (κ1) is 23.5. The molecule has 5 nitrogen and oxygen atoms in total. The van der Waals surface area contributed by atoms with E-state index < -0.39 is 11.3 Å². The molecule has 3 aliphatic heterocycles. The van der Waals surface area contributed by atoms with Crippen LogP contribution >= 0.6 is 0 Å². The third-order valence-electron chi connectivity index (χ3n) is 8.69. The Bertz CT molecular complexity index is 625. The molecule has 5 heteroatoms. The molecule has 4 rings (SSSR count). The van der Waals surface area contributed by atoms with Crippen LogP contribution in [-0.4, -0.2) is 64.4 Å². The molecule has 1 atom stereocenters. The molecule has 1 aliphatic carbocycles. The van der Waals surface area contributed by atoms with Crippen molar-refractivity contribution in [1.29, 1.82) is 0 Å². The minimum absolute atomic E-state index is 0.0872. The van der Waals surface area contributed by atoms with Gasteiger partial charge in [-0.1, -0.05) is 44.9 Å². The molecule has 178 valence electrons. The van der Waals surface area contributed by atoms with Gasteiger partial charge in [0.15, 0.2) is 5.60 Å². The zero-order valence-electron chi connectivity index (χ0n) is 20.8. The summed E-state index contributed by atoms with van der Waals surface area (Å²) >= 11 is 0. The lowest BCUT2D eigenvalue weighted by molar-refractivity contribution is -0.197. The number of likely N-dealkylation sites (tertiary alicyclic amines) is 1. The summed E-state index contributed by atoms with van der Waals surface area (Å²) in [7, 11) is 2.20. The predicted octanol–water partition coefficient (Wildman–Crippen LogP) is 5.27. The number of piperidine rings is 1. The van der Waals surface area contributed by atoms with Crippen molar-refractivity contribution in [2.45, 2.75) is 140 Å². The normalized spacial score (nSPS) is 33.3. The Kier molecular flexibility index (Phi) is 6.53. The zero-order chi connectivity index (χ0) is 22.3. The van der Waals surface area contributed by atoms with E-state index in [0.29, 0.717) is 6.54 Å². The van der Waals surface area contributed by atoms with Crippen molar-refractivity contribution < 1.29 is 14.3 Å². The highest BCUT2D eigenvalue weighted by Crippen LogP contribution is 2.53. The van der Waals surface area contributed by atoms with E-state index in [9.17, 15) is 4.79 Å². The number of rotatable bonds is 2. The fourth-order valence-electron chi connectivity index (χ4n) is 6.80. The van der Waals surface area contributed by atoms with Crippen LogP contribution in [0.2, 0.25) is 0 Å². The number of nitrogens with zero attached hydrogens (tertiary/aromatic N) is 2. The summed E-state index contributed by atoms with van der Waals surface area (Å²) in [6, 6.07) is 0. The summed E-state index contributed by atoms with van der Waals surface area (Å²) < 4.78 is 12.8. The molecule has 2 spiro atoms. The Balaban J connectivity index is 1.65. The Morgan fingerprint density at radius 3 is 1.74 bits per heavy atom. The van der Waals surface area contributed by atoms with Crippen molar-refractivity contribution in [3.8, 4) is 0 Å². The van der Waals surface area contributed by atoms with Crippen LogP contribution in [0.4, 0.5) is 0 Å². The van der Waals surface area contributed by atoms with Crippen LogP contribution in [-0.2, 0) is 14.3 Å². The largest absolute Gasteiger partial charge is 0.371 e. The quantitative estimate of drug-likeness (QED) is 0.556. The number of hydrogen-bond acceptors (Lipinski definition) is 4. The summed E-state index contributed by atoms with van der Waals surface area (Å²) in [4.78, 5) is 18.8. The summed E-state index contributed by atoms with van der Waals surface area (Å²) in [5.74, 6) is 0.240. The van der Waals surface area contributed by atoms with Crippen molar-refractivity contribution in [3.63, 3.8) is 0 Å². The third kappa shape index (κ3) is 4.70. The van der Waals surface area contributed by atoms with Crippen LogP contribution in [0.1, 0.15) is 111 Å². The van der Waals surface area contributed by atoms with E-state index >= 15 is 0 Å². The smallest absolute Gasteiger partial charge is 0.257 e. The summed E-state index contributed by atoms with van der Waals surface area (Å²) in [5.41, 5.74) is -1.32. The second-order valence-corrected chi connectivity index (χ2v) is 12.1. The number of ether oxygens (including phenoxy) is 2. The second-order valence-electron chi connectivity index (χ2n) is 12.1. The third-order valence-corrected chi connectivity index (χ3v) is 8.69. The maximum Gasteiger partial charge on any atom is 0.257 e. The van der Waals surface area contributed by atoms with E-state index in [4.69, 9.17) is 9.47 Å². The van der Waals surface area contributed by atoms with Gasteiger partial charge < -0.3 is 14.4 Å². The molecule has 0 aromatic carbocycles. The lowest BCUT2D eigenvalue weighted by atomic mass is 9.71. The van der Waals surface area contributed by atoms with Gasteiger partial charge in [0.2, 0.25) is 0 Å². The van der Waals surface area contributed by atoms with E-state index in [2.05, 4.69) is 44.5 Å². The van der Waals surface area contributed by atoms with Crippen LogP contribution < -0.4 is 0 Å². The van der Waals surface area contributed by atoms with E-state index in [0.717, 1.165) is 45.1 Å². The van der Waals surface area contributed by atoms with Gasteiger partial charge in [0.1, 0.15) is 5.72 Å². The standard InChI is InChI=1S/C26H46N2O3/c1-23(2)19-25(20-24(3,4)27(23)5)22(29)28(17-21-18-30-21)26(31-25)15-13-11-9-7-6-8-10-12-14-16-26/h21H,6-20H2,1-5H3. The Morgan fingerprint density at radius 2 is 1.29 bits per heavy atom. The van der Waals surface area contributed by atoms with Crippen LogP contribution in [0.5, 0.6) is 0 Å². The average molecular weight is 435 g/mol. The highest BCUT2D eigenvalue weighted by molar-refractivity contribution is 5.88. The molecule has 1 amide bonds. The molecular weight excluding hydrogens is 388 g/mol. The van der Waals surface area contributed by atoms with E-state index in [1.807, 2.05) is 0 Å². The molecule has 1 saturated carbocycles. The lowest BCUT2D eigenvalue weighted by Crippen LogP contribution is -2.66. The monoisotopic (exact) mass is 434 g/mol. The molecule has 4 fully saturated rings. The van der Waals surface area contributed by atoms with Crippen molar-refractivity contribution in [2.75, 3.05) is 20.2 Å². The summed E-state index contributed by atoms with van der Waals surface area (Å²) in [6.45, 7) is 10.6. The lowest BCUT2D eigenvalue weighted by Gasteiger charge is -2.56. The van der Waals surface area contributed by atoms with Crippen LogP contribution in [0.25, 0.3) is 0 Å². The number of epoxide rings is 1. The van der Waals surface area contributed by atoms with E-state index in [1.165, 1.54) is 44.9 Å². The SMILES string of the molecule is CN1C(C)(C)CC2(CC1(C)C)OC1(CCCCCCCCCCC1)N(CC1CO1)C2=O. The molecule has 0 aromatic rings. The van der Waals surface area contributed by atoms with Crippen LogP contribution in [0, 0.1) is 0 Å². The fraction of sp³-hybridized carbons (Fsp3) is 0.962. The summed E-state index contributed by atoms with van der Waals surface area (Å²) in [5, 5.41) is 0. The van der Waals surface area contributed by atoms with Gasteiger partial charge in [-0.3, -0.25) is 9.69 Å². The van der Waals surface area contributed by atoms with Gasteiger partial charge in [0, 0.05) is 23.9 Å². The first-order valence-corrected chi connectivity index (χ1v) is 13.0. The van der Waals surface area contributed by atoms with Crippen molar-refractivity contribution >= 4 is 5.91 Å². The Hall–Kier alpha value is -0.650. The maximum atomic E-state index is 14.2. The molecule has 0 N–H and O–H groups in total. The number of carbonyl (C=O) groups is 1. The molecule has 0 radical (unpaired) electrons. The highest BCUT2D eigenvalue weighted by Gasteiger charge is 2.65. The highest BCUT2D eigenvalue weighted by atomic mass is 16.6. The van der Waals surface area contributed by atoms with Gasteiger partial charge in [0.05, 0.1) is 19.3 Å². The number of hydrogen-bond donors (Lipinski definition) is 0. The van der Waals surface area contributed by atoms with Crippen molar-refractivity contribution in [2.24, 2.45) is 0 Å². The fourth-order valence-corrected chi connectivity index (χ4v) is 6.80. The van der Waals surface area contributed by atoms with Gasteiger partial charge in [-0.15, -0.1) is 0 Å². The zero-order valence-corrected chi connectivity index (χ0v) is 20.8. The van der Waals surface area contributed by atoms with Gasteiger partial charge in [-0.2, -0.15) is 0 Å². The van der Waals surface area contributed by atoms with Gasteiger partial charge in [0.25, 0.3) is 5.91 Å². The molecule has 1 unspecified atom stereocenters. The maximum absolute atomic E-state index is 14.2. The number of carbonyl (C=O) groups excluding carboxylic acids is 1. The molecular formula is C26H46N2O3. The Morgan fingerprint density at radius 1 is 0.839 bits per heavy atom. The van der Waals surface area contributed by atoms with Crippen LogP contribution in [0.15, 0.2) is 0 Å². The molecule has 0 bridgehead atoms. The van der Waals surface area contributed by atoms with Gasteiger partial charge >= 0.3 is 0 Å². The van der Waals surface area contributed by atoms with Crippen LogP contribution in [0.3, 0.4) is 0 Å².